The van der Waals surface area contributed by atoms with Gasteiger partial charge in [-0.1, -0.05) is 43.8 Å². The highest BCUT2D eigenvalue weighted by atomic mass is 32.2. The average molecular weight is 521 g/mol. The Labute approximate surface area is 217 Å². The molecule has 11 heteroatoms. The Morgan fingerprint density at radius 2 is 1.73 bits per heavy atom. The van der Waals surface area contributed by atoms with E-state index in [-0.39, 0.29) is 23.1 Å². The van der Waals surface area contributed by atoms with Crippen LogP contribution in [0.25, 0.3) is 17.1 Å². The first kappa shape index (κ1) is 26.0. The number of anilines is 1. The van der Waals surface area contributed by atoms with E-state index in [9.17, 15) is 14.4 Å². The minimum absolute atomic E-state index is 0.0932. The summed E-state index contributed by atoms with van der Waals surface area (Å²) in [5.74, 6) is 0.672. The summed E-state index contributed by atoms with van der Waals surface area (Å²) in [4.78, 5) is 38.7. The molecule has 2 aromatic carbocycles. The molecule has 0 aliphatic heterocycles. The third-order valence-corrected chi connectivity index (χ3v) is 6.67. The van der Waals surface area contributed by atoms with Crippen LogP contribution in [0.15, 0.2) is 69.3 Å². The fraction of sp³-hybridized carbons (Fsp3) is 0.269. The molecule has 0 aliphatic rings. The van der Waals surface area contributed by atoms with Crippen molar-refractivity contribution in [2.45, 2.75) is 25.5 Å². The lowest BCUT2D eigenvalue weighted by atomic mass is 10.2. The zero-order valence-corrected chi connectivity index (χ0v) is 21.9. The molecule has 0 unspecified atom stereocenters. The summed E-state index contributed by atoms with van der Waals surface area (Å²) in [5.41, 5.74) is 6.34. The highest BCUT2D eigenvalue weighted by Crippen LogP contribution is 2.29. The molecule has 10 nitrogen and oxygen atoms in total. The van der Waals surface area contributed by atoms with Crippen LogP contribution in [-0.4, -0.2) is 42.5 Å². The lowest BCUT2D eigenvalue weighted by Crippen LogP contribution is -2.43. The number of carbonyl (C=O) groups is 1. The molecule has 2 heterocycles. The number of methoxy groups -OCH3 is 1. The molecular formula is C26H28N6O4S. The number of para-hydroxylation sites is 1. The van der Waals surface area contributed by atoms with E-state index >= 15 is 0 Å². The van der Waals surface area contributed by atoms with E-state index in [0.717, 1.165) is 27.6 Å². The summed E-state index contributed by atoms with van der Waals surface area (Å²) in [6.07, 6.45) is 0. The monoisotopic (exact) mass is 520 g/mol. The highest BCUT2D eigenvalue weighted by Gasteiger charge is 2.24. The van der Waals surface area contributed by atoms with Crippen molar-refractivity contribution in [3.05, 3.63) is 81.0 Å². The Morgan fingerprint density at radius 3 is 2.35 bits per heavy atom. The van der Waals surface area contributed by atoms with Crippen molar-refractivity contribution in [1.82, 2.24) is 23.9 Å². The topological polar surface area (TPSA) is 127 Å². The van der Waals surface area contributed by atoms with Crippen LogP contribution in [0.2, 0.25) is 0 Å². The van der Waals surface area contributed by atoms with Crippen molar-refractivity contribution in [1.29, 1.82) is 0 Å². The van der Waals surface area contributed by atoms with Crippen LogP contribution in [0.4, 0.5) is 5.82 Å². The van der Waals surface area contributed by atoms with E-state index in [0.29, 0.717) is 23.3 Å². The summed E-state index contributed by atoms with van der Waals surface area (Å²) in [6.45, 7) is 4.13. The van der Waals surface area contributed by atoms with Gasteiger partial charge in [0.15, 0.2) is 16.8 Å². The second kappa shape index (κ2) is 10.9. The van der Waals surface area contributed by atoms with Gasteiger partial charge in [0.2, 0.25) is 0 Å². The van der Waals surface area contributed by atoms with Crippen molar-refractivity contribution in [2.75, 3.05) is 18.6 Å². The van der Waals surface area contributed by atoms with Gasteiger partial charge < -0.3 is 10.5 Å². The number of hydrogen-bond acceptors (Lipinski definition) is 8. The van der Waals surface area contributed by atoms with Crippen molar-refractivity contribution in [3.8, 4) is 22.8 Å². The van der Waals surface area contributed by atoms with Gasteiger partial charge >= 0.3 is 5.69 Å². The van der Waals surface area contributed by atoms with Gasteiger partial charge in [-0.15, -0.1) is 10.2 Å². The van der Waals surface area contributed by atoms with Gasteiger partial charge in [0.25, 0.3) is 5.56 Å². The van der Waals surface area contributed by atoms with Crippen molar-refractivity contribution in [2.24, 2.45) is 13.0 Å². The standard InChI is InChI=1S/C26H28N6O4S/c1-16(2)14-31-22(27)21(24(34)30(3)26(31)35)20(33)15-37-25-29-28-23(17-10-12-19(36-4)13-11-17)32(25)18-8-6-5-7-9-18/h5-13,16H,14-15,27H2,1-4H3. The number of benzene rings is 2. The molecule has 2 aromatic heterocycles. The predicted octanol–water partition coefficient (Wildman–Crippen LogP) is 3.02. The molecule has 4 rings (SSSR count). The summed E-state index contributed by atoms with van der Waals surface area (Å²) in [6, 6.07) is 17.0. The predicted molar refractivity (Wildman–Crippen MR) is 144 cm³/mol. The third-order valence-electron chi connectivity index (χ3n) is 5.74. The maximum atomic E-state index is 13.3. The molecule has 192 valence electrons. The highest BCUT2D eigenvalue weighted by molar-refractivity contribution is 7.99. The van der Waals surface area contributed by atoms with Gasteiger partial charge in [0.05, 0.1) is 12.9 Å². The van der Waals surface area contributed by atoms with Crippen LogP contribution in [0.1, 0.15) is 24.2 Å². The van der Waals surface area contributed by atoms with Gasteiger partial charge in [-0.25, -0.2) is 4.79 Å². The second-order valence-corrected chi connectivity index (χ2v) is 9.77. The van der Waals surface area contributed by atoms with E-state index in [1.807, 2.05) is 73.0 Å². The normalized spacial score (nSPS) is 11.2. The Kier molecular flexibility index (Phi) is 7.63. The summed E-state index contributed by atoms with van der Waals surface area (Å²) in [7, 11) is 2.94. The maximum Gasteiger partial charge on any atom is 0.332 e. The average Bonchev–Trinajstić information content (AvgIpc) is 3.33. The molecule has 37 heavy (non-hydrogen) atoms. The number of nitrogens with zero attached hydrogens (tertiary/aromatic N) is 5. The van der Waals surface area contributed by atoms with Gasteiger partial charge in [-0.3, -0.25) is 23.3 Å². The van der Waals surface area contributed by atoms with Crippen LogP contribution in [-0.2, 0) is 13.6 Å². The number of ketones is 1. The molecule has 0 amide bonds. The smallest absolute Gasteiger partial charge is 0.332 e. The molecule has 0 bridgehead atoms. The first-order valence-corrected chi connectivity index (χ1v) is 12.6. The van der Waals surface area contributed by atoms with Gasteiger partial charge in [0.1, 0.15) is 17.1 Å². The molecule has 0 saturated heterocycles. The SMILES string of the molecule is COc1ccc(-c2nnc(SCC(=O)c3c(N)n(CC(C)C)c(=O)n(C)c3=O)n2-c2ccccc2)cc1. The minimum atomic E-state index is -0.712. The van der Waals surface area contributed by atoms with E-state index in [1.54, 1.807) is 7.11 Å². The lowest BCUT2D eigenvalue weighted by molar-refractivity contribution is 0.102. The van der Waals surface area contributed by atoms with Crippen LogP contribution in [0.3, 0.4) is 0 Å². The number of nitrogens with two attached hydrogens (primary N) is 1. The number of Topliss-reactive ketones (excluding diaryl/α,β-unsaturated/α-hetero) is 1. The number of hydrogen-bond donors (Lipinski definition) is 1. The molecule has 0 radical (unpaired) electrons. The Balaban J connectivity index is 1.70. The Hall–Kier alpha value is -4.12. The zero-order chi connectivity index (χ0) is 26.7. The number of rotatable bonds is 9. The molecular weight excluding hydrogens is 492 g/mol. The first-order chi connectivity index (χ1) is 17.7. The van der Waals surface area contributed by atoms with Gasteiger partial charge in [-0.05, 0) is 42.3 Å². The van der Waals surface area contributed by atoms with E-state index in [2.05, 4.69) is 10.2 Å². The second-order valence-electron chi connectivity index (χ2n) is 8.83. The van der Waals surface area contributed by atoms with E-state index in [4.69, 9.17) is 10.5 Å². The van der Waals surface area contributed by atoms with Crippen molar-refractivity contribution >= 4 is 23.4 Å². The van der Waals surface area contributed by atoms with Crippen molar-refractivity contribution < 1.29 is 9.53 Å². The molecule has 0 spiro atoms. The first-order valence-electron chi connectivity index (χ1n) is 11.6. The van der Waals surface area contributed by atoms with Crippen LogP contribution >= 0.6 is 11.8 Å². The number of thioether (sulfide) groups is 1. The fourth-order valence-electron chi connectivity index (χ4n) is 3.89. The zero-order valence-electron chi connectivity index (χ0n) is 21.0. The van der Waals surface area contributed by atoms with Crippen LogP contribution in [0.5, 0.6) is 5.75 Å². The minimum Gasteiger partial charge on any atom is -0.497 e. The van der Waals surface area contributed by atoms with Crippen molar-refractivity contribution in [3.63, 3.8) is 0 Å². The van der Waals surface area contributed by atoms with Crippen LogP contribution < -0.4 is 21.7 Å². The molecule has 2 N–H and O–H groups in total. The number of nitrogen functional groups attached to an aromatic ring is 1. The number of aromatic nitrogens is 5. The van der Waals surface area contributed by atoms with Gasteiger partial charge in [0, 0.05) is 24.8 Å². The summed E-state index contributed by atoms with van der Waals surface area (Å²) >= 11 is 1.14. The molecule has 0 fully saturated rings. The lowest BCUT2D eigenvalue weighted by Gasteiger charge is -2.16. The molecule has 4 aromatic rings. The third kappa shape index (κ3) is 5.21. The van der Waals surface area contributed by atoms with E-state index < -0.39 is 17.0 Å². The molecule has 0 aliphatic carbocycles. The largest absolute Gasteiger partial charge is 0.497 e. The number of carbonyl (C=O) groups excluding carboxylic acids is 1. The maximum absolute atomic E-state index is 13.3. The molecule has 0 saturated carbocycles. The fourth-order valence-corrected chi connectivity index (χ4v) is 4.71. The van der Waals surface area contributed by atoms with Crippen LogP contribution in [0, 0.1) is 5.92 Å². The molecule has 0 atom stereocenters. The quantitative estimate of drug-likeness (QED) is 0.264. The van der Waals surface area contributed by atoms with Gasteiger partial charge in [-0.2, -0.15) is 0 Å². The Bertz CT molecular complexity index is 1540. The summed E-state index contributed by atoms with van der Waals surface area (Å²) in [5, 5.41) is 9.18. The summed E-state index contributed by atoms with van der Waals surface area (Å²) < 4.78 is 9.30. The number of ether oxygens (including phenoxy) is 1. The Morgan fingerprint density at radius 1 is 1.05 bits per heavy atom. The van der Waals surface area contributed by atoms with E-state index in [1.165, 1.54) is 11.6 Å².